The van der Waals surface area contributed by atoms with Gasteiger partial charge in [-0.25, -0.2) is 0 Å². The van der Waals surface area contributed by atoms with Gasteiger partial charge in [-0.05, 0) is 32.0 Å². The van der Waals surface area contributed by atoms with Crippen LogP contribution >= 0.6 is 0 Å². The zero-order valence-electron chi connectivity index (χ0n) is 13.0. The van der Waals surface area contributed by atoms with Crippen molar-refractivity contribution in [2.45, 2.75) is 38.7 Å². The minimum Gasteiger partial charge on any atom is -0.481 e. The molecule has 0 aliphatic carbocycles. The van der Waals surface area contributed by atoms with Crippen LogP contribution in [0.25, 0.3) is 0 Å². The minimum absolute atomic E-state index is 0.277. The molecule has 0 bridgehead atoms. The third-order valence-electron chi connectivity index (χ3n) is 3.78. The first-order valence-corrected chi connectivity index (χ1v) is 7.69. The molecule has 4 heteroatoms. The lowest BCUT2D eigenvalue weighted by atomic mass is 9.98. The first-order valence-electron chi connectivity index (χ1n) is 7.69. The number of carboxylic acid groups (broad SMARTS) is 1. The van der Waals surface area contributed by atoms with Crippen LogP contribution in [0.3, 0.4) is 0 Å². The van der Waals surface area contributed by atoms with E-state index in [2.05, 4.69) is 6.92 Å². The highest BCUT2D eigenvalue weighted by Gasteiger charge is 2.18. The monoisotopic (exact) mass is 293 g/mol. The van der Waals surface area contributed by atoms with Gasteiger partial charge >= 0.3 is 5.97 Å². The molecule has 0 aromatic heterocycles. The SMILES string of the molecule is CCCCC(CCN(C)CC(O)c1ccccc1)C(=O)O. The number of aliphatic carboxylic acids is 1. The largest absolute Gasteiger partial charge is 0.481 e. The Morgan fingerprint density at radius 1 is 1.24 bits per heavy atom. The Kier molecular flexibility index (Phi) is 8.01. The van der Waals surface area contributed by atoms with Crippen LogP contribution in [0.5, 0.6) is 0 Å². The fourth-order valence-corrected chi connectivity index (χ4v) is 2.39. The van der Waals surface area contributed by atoms with Crippen molar-refractivity contribution in [1.29, 1.82) is 0 Å². The van der Waals surface area contributed by atoms with Crippen LogP contribution in [0, 0.1) is 5.92 Å². The summed E-state index contributed by atoms with van der Waals surface area (Å²) in [6.07, 6.45) is 2.81. The van der Waals surface area contributed by atoms with Gasteiger partial charge < -0.3 is 15.1 Å². The molecule has 1 aromatic rings. The molecule has 4 nitrogen and oxygen atoms in total. The Labute approximate surface area is 127 Å². The normalized spacial score (nSPS) is 14.1. The zero-order chi connectivity index (χ0) is 15.7. The molecule has 0 heterocycles. The molecule has 0 fully saturated rings. The summed E-state index contributed by atoms with van der Waals surface area (Å²) in [7, 11) is 1.92. The van der Waals surface area contributed by atoms with Gasteiger partial charge in [-0.3, -0.25) is 4.79 Å². The number of carbonyl (C=O) groups is 1. The van der Waals surface area contributed by atoms with Crippen LogP contribution in [0.15, 0.2) is 30.3 Å². The Morgan fingerprint density at radius 2 is 1.90 bits per heavy atom. The van der Waals surface area contributed by atoms with Gasteiger partial charge in [0.05, 0.1) is 12.0 Å². The van der Waals surface area contributed by atoms with Gasteiger partial charge in [-0.15, -0.1) is 0 Å². The number of carboxylic acids is 1. The first-order chi connectivity index (χ1) is 10.0. The number of unbranched alkanes of at least 4 members (excludes halogenated alkanes) is 1. The Bertz CT molecular complexity index is 408. The van der Waals surface area contributed by atoms with Crippen LogP contribution < -0.4 is 0 Å². The predicted octanol–water partition coefficient (Wildman–Crippen LogP) is 2.93. The van der Waals surface area contributed by atoms with Crippen LogP contribution in [0.4, 0.5) is 0 Å². The molecule has 0 saturated carbocycles. The van der Waals surface area contributed by atoms with Gasteiger partial charge in [0.2, 0.25) is 0 Å². The van der Waals surface area contributed by atoms with Crippen LogP contribution in [-0.2, 0) is 4.79 Å². The number of likely N-dealkylation sites (N-methyl/N-ethyl adjacent to an activating group) is 1. The molecule has 118 valence electrons. The summed E-state index contributed by atoms with van der Waals surface area (Å²) in [6, 6.07) is 9.54. The number of hydrogen-bond donors (Lipinski definition) is 2. The molecule has 0 spiro atoms. The lowest BCUT2D eigenvalue weighted by molar-refractivity contribution is -0.142. The highest BCUT2D eigenvalue weighted by atomic mass is 16.4. The average molecular weight is 293 g/mol. The third kappa shape index (κ3) is 6.74. The van der Waals surface area contributed by atoms with Gasteiger partial charge in [0.15, 0.2) is 0 Å². The van der Waals surface area contributed by atoms with Gasteiger partial charge in [0.25, 0.3) is 0 Å². The molecular weight excluding hydrogens is 266 g/mol. The second-order valence-electron chi connectivity index (χ2n) is 5.65. The van der Waals surface area contributed by atoms with Gasteiger partial charge in [-0.2, -0.15) is 0 Å². The summed E-state index contributed by atoms with van der Waals surface area (Å²) in [6.45, 7) is 3.27. The molecule has 2 atom stereocenters. The van der Waals surface area contributed by atoms with Crippen molar-refractivity contribution in [2.24, 2.45) is 5.92 Å². The van der Waals surface area contributed by atoms with Crippen LogP contribution in [0.2, 0.25) is 0 Å². The lowest BCUT2D eigenvalue weighted by Gasteiger charge is -2.22. The topological polar surface area (TPSA) is 60.8 Å². The van der Waals surface area contributed by atoms with E-state index in [0.29, 0.717) is 19.5 Å². The maximum atomic E-state index is 11.2. The molecule has 0 saturated heterocycles. The highest BCUT2D eigenvalue weighted by Crippen LogP contribution is 2.16. The second kappa shape index (κ2) is 9.53. The Balaban J connectivity index is 2.38. The molecular formula is C17H27NO3. The Hall–Kier alpha value is -1.39. The summed E-state index contributed by atoms with van der Waals surface area (Å²) in [5.74, 6) is -0.985. The quantitative estimate of drug-likeness (QED) is 0.696. The number of aliphatic hydroxyl groups is 1. The highest BCUT2D eigenvalue weighted by molar-refractivity contribution is 5.69. The van der Waals surface area contributed by atoms with Crippen molar-refractivity contribution in [1.82, 2.24) is 4.90 Å². The zero-order valence-corrected chi connectivity index (χ0v) is 13.0. The van der Waals surface area contributed by atoms with E-state index in [1.165, 1.54) is 0 Å². The molecule has 1 aromatic carbocycles. The fraction of sp³-hybridized carbons (Fsp3) is 0.588. The number of aliphatic hydroxyl groups excluding tert-OH is 1. The van der Waals surface area contributed by atoms with E-state index < -0.39 is 12.1 Å². The fourth-order valence-electron chi connectivity index (χ4n) is 2.39. The molecule has 2 N–H and O–H groups in total. The molecule has 21 heavy (non-hydrogen) atoms. The van der Waals surface area contributed by atoms with Crippen molar-refractivity contribution in [3.63, 3.8) is 0 Å². The maximum absolute atomic E-state index is 11.2. The van der Waals surface area contributed by atoms with Crippen molar-refractivity contribution >= 4 is 5.97 Å². The summed E-state index contributed by atoms with van der Waals surface area (Å²) in [5, 5.41) is 19.4. The van der Waals surface area contributed by atoms with E-state index in [0.717, 1.165) is 24.8 Å². The Morgan fingerprint density at radius 3 is 2.48 bits per heavy atom. The lowest BCUT2D eigenvalue weighted by Crippen LogP contribution is -2.28. The smallest absolute Gasteiger partial charge is 0.306 e. The van der Waals surface area contributed by atoms with Crippen molar-refractivity contribution in [2.75, 3.05) is 20.1 Å². The number of nitrogens with zero attached hydrogens (tertiary/aromatic N) is 1. The standard InChI is InChI=1S/C17H27NO3/c1-3-4-8-15(17(20)21)11-12-18(2)13-16(19)14-9-6-5-7-10-14/h5-7,9-10,15-16,19H,3-4,8,11-13H2,1-2H3,(H,20,21). The number of rotatable bonds is 10. The molecule has 0 aliphatic rings. The van der Waals surface area contributed by atoms with Gasteiger partial charge in [0.1, 0.15) is 0 Å². The van der Waals surface area contributed by atoms with Crippen LogP contribution in [-0.4, -0.2) is 41.2 Å². The molecule has 0 aliphatic heterocycles. The second-order valence-corrected chi connectivity index (χ2v) is 5.65. The van der Waals surface area contributed by atoms with Crippen molar-refractivity contribution in [3.8, 4) is 0 Å². The summed E-state index contributed by atoms with van der Waals surface area (Å²) in [4.78, 5) is 13.2. The van der Waals surface area contributed by atoms with Gasteiger partial charge in [0, 0.05) is 6.54 Å². The predicted molar refractivity (Wildman–Crippen MR) is 84.2 cm³/mol. The van der Waals surface area contributed by atoms with E-state index in [1.807, 2.05) is 42.3 Å². The summed E-state index contributed by atoms with van der Waals surface area (Å²) < 4.78 is 0. The van der Waals surface area contributed by atoms with Crippen molar-refractivity contribution < 1.29 is 15.0 Å². The number of benzene rings is 1. The molecule has 1 rings (SSSR count). The molecule has 0 amide bonds. The molecule has 2 unspecified atom stereocenters. The summed E-state index contributed by atoms with van der Waals surface area (Å²) >= 11 is 0. The van der Waals surface area contributed by atoms with E-state index in [4.69, 9.17) is 0 Å². The maximum Gasteiger partial charge on any atom is 0.306 e. The molecule has 0 radical (unpaired) electrons. The van der Waals surface area contributed by atoms with Crippen LogP contribution in [0.1, 0.15) is 44.3 Å². The number of hydrogen-bond acceptors (Lipinski definition) is 3. The minimum atomic E-state index is -0.708. The third-order valence-corrected chi connectivity index (χ3v) is 3.78. The first kappa shape index (κ1) is 17.7. The van der Waals surface area contributed by atoms with E-state index in [9.17, 15) is 15.0 Å². The van der Waals surface area contributed by atoms with E-state index in [1.54, 1.807) is 0 Å². The van der Waals surface area contributed by atoms with Gasteiger partial charge in [-0.1, -0.05) is 50.1 Å². The van der Waals surface area contributed by atoms with E-state index >= 15 is 0 Å². The summed E-state index contributed by atoms with van der Waals surface area (Å²) in [5.41, 5.74) is 0.894. The average Bonchev–Trinajstić information content (AvgIpc) is 2.47. The van der Waals surface area contributed by atoms with E-state index in [-0.39, 0.29) is 5.92 Å². The van der Waals surface area contributed by atoms with Crippen molar-refractivity contribution in [3.05, 3.63) is 35.9 Å².